The fourth-order valence-corrected chi connectivity index (χ4v) is 3.84. The van der Waals surface area contributed by atoms with Gasteiger partial charge in [0.15, 0.2) is 0 Å². The fourth-order valence-electron chi connectivity index (χ4n) is 3.48. The van der Waals surface area contributed by atoms with Crippen LogP contribution in [0.15, 0.2) is 66.4 Å². The minimum absolute atomic E-state index is 0.202. The molecule has 31 heavy (non-hydrogen) atoms. The number of carbonyl (C=O) groups excluding carboxylic acids is 2. The molecule has 0 fully saturated rings. The molecule has 0 bridgehead atoms. The van der Waals surface area contributed by atoms with E-state index < -0.39 is 11.8 Å². The Morgan fingerprint density at radius 3 is 2.19 bits per heavy atom. The highest BCUT2D eigenvalue weighted by atomic mass is 35.5. The van der Waals surface area contributed by atoms with Crippen LogP contribution in [-0.4, -0.2) is 11.8 Å². The summed E-state index contributed by atoms with van der Waals surface area (Å²) in [4.78, 5) is 28.1. The van der Waals surface area contributed by atoms with E-state index in [1.807, 2.05) is 51.1 Å². The van der Waals surface area contributed by atoms with Crippen molar-refractivity contribution >= 4 is 52.0 Å². The number of amides is 2. The predicted molar refractivity (Wildman–Crippen MR) is 127 cm³/mol. The van der Waals surface area contributed by atoms with Crippen LogP contribution in [0.3, 0.4) is 0 Å². The lowest BCUT2D eigenvalue weighted by Gasteiger charge is -2.16. The first-order valence-electron chi connectivity index (χ1n) is 9.75. The van der Waals surface area contributed by atoms with Gasteiger partial charge in [0.1, 0.15) is 5.70 Å². The van der Waals surface area contributed by atoms with E-state index in [4.69, 9.17) is 23.2 Å². The van der Waals surface area contributed by atoms with Gasteiger partial charge in [-0.1, -0.05) is 53.5 Å². The number of nitrogens with one attached hydrogen (secondary N) is 1. The topological polar surface area (TPSA) is 49.4 Å². The van der Waals surface area contributed by atoms with Gasteiger partial charge < -0.3 is 5.32 Å². The van der Waals surface area contributed by atoms with Crippen LogP contribution in [0.4, 0.5) is 11.4 Å². The molecule has 4 nitrogen and oxygen atoms in total. The molecule has 0 atom stereocenters. The van der Waals surface area contributed by atoms with Gasteiger partial charge in [-0.25, -0.2) is 4.90 Å². The Balaban J connectivity index is 1.85. The zero-order chi connectivity index (χ0) is 22.3. The zero-order valence-electron chi connectivity index (χ0n) is 17.3. The number of benzene rings is 3. The number of hydrogen-bond acceptors (Lipinski definition) is 3. The summed E-state index contributed by atoms with van der Waals surface area (Å²) in [5, 5.41) is 4.15. The molecule has 0 radical (unpaired) electrons. The number of anilines is 2. The Bertz CT molecular complexity index is 1260. The molecule has 1 aliphatic rings. The molecule has 1 heterocycles. The van der Waals surface area contributed by atoms with Gasteiger partial charge in [-0.2, -0.15) is 0 Å². The molecule has 0 spiro atoms. The highest BCUT2D eigenvalue weighted by molar-refractivity contribution is 6.46. The second-order valence-electron chi connectivity index (χ2n) is 7.56. The van der Waals surface area contributed by atoms with Crippen molar-refractivity contribution in [2.75, 3.05) is 10.2 Å². The third-order valence-corrected chi connectivity index (χ3v) is 6.03. The van der Waals surface area contributed by atoms with Gasteiger partial charge in [0.2, 0.25) is 0 Å². The van der Waals surface area contributed by atoms with Gasteiger partial charge in [-0.05, 0) is 73.4 Å². The van der Waals surface area contributed by atoms with E-state index in [1.54, 1.807) is 30.3 Å². The Morgan fingerprint density at radius 1 is 0.774 bits per heavy atom. The minimum Gasteiger partial charge on any atom is -0.350 e. The summed E-state index contributed by atoms with van der Waals surface area (Å²) in [7, 11) is 0. The maximum absolute atomic E-state index is 13.5. The monoisotopic (exact) mass is 450 g/mol. The standard InChI is InChI=1S/C25H20Cl2N2O2/c1-14-7-9-17(11-16(14)3)22-23(28-19-10-8-15(2)21(27)13-19)25(31)29(24(22)30)20-6-4-5-18(26)12-20/h4-13,28H,1-3H3. The molecule has 1 N–H and O–H groups in total. The summed E-state index contributed by atoms with van der Waals surface area (Å²) in [6.45, 7) is 5.88. The highest BCUT2D eigenvalue weighted by Crippen LogP contribution is 2.35. The number of halogens is 2. The van der Waals surface area contributed by atoms with Crippen LogP contribution in [0.5, 0.6) is 0 Å². The van der Waals surface area contributed by atoms with Crippen molar-refractivity contribution in [3.05, 3.63) is 98.7 Å². The van der Waals surface area contributed by atoms with Crippen LogP contribution < -0.4 is 10.2 Å². The number of hydrogen-bond donors (Lipinski definition) is 1. The average molecular weight is 451 g/mol. The number of rotatable bonds is 4. The van der Waals surface area contributed by atoms with Crippen LogP contribution in [0, 0.1) is 20.8 Å². The lowest BCUT2D eigenvalue weighted by atomic mass is 9.99. The molecule has 0 unspecified atom stereocenters. The maximum Gasteiger partial charge on any atom is 0.282 e. The lowest BCUT2D eigenvalue weighted by Crippen LogP contribution is -2.32. The fraction of sp³-hybridized carbons (Fsp3) is 0.120. The SMILES string of the molecule is Cc1ccc(C2=C(Nc3ccc(C)c(Cl)c3)C(=O)N(c3cccc(Cl)c3)C2=O)cc1C. The summed E-state index contributed by atoms with van der Waals surface area (Å²) >= 11 is 12.4. The van der Waals surface area contributed by atoms with Crippen molar-refractivity contribution in [2.24, 2.45) is 0 Å². The van der Waals surface area contributed by atoms with Crippen molar-refractivity contribution in [1.82, 2.24) is 0 Å². The summed E-state index contributed by atoms with van der Waals surface area (Å²) in [6, 6.07) is 17.8. The minimum atomic E-state index is -0.447. The Kier molecular flexibility index (Phi) is 5.61. The average Bonchev–Trinajstić information content (AvgIpc) is 2.96. The van der Waals surface area contributed by atoms with E-state index >= 15 is 0 Å². The highest BCUT2D eigenvalue weighted by Gasteiger charge is 2.40. The summed E-state index contributed by atoms with van der Waals surface area (Å²) in [6.07, 6.45) is 0. The van der Waals surface area contributed by atoms with E-state index in [1.165, 1.54) is 0 Å². The van der Waals surface area contributed by atoms with Crippen LogP contribution in [0.1, 0.15) is 22.3 Å². The number of imide groups is 1. The first-order chi connectivity index (χ1) is 14.8. The van der Waals surface area contributed by atoms with Gasteiger partial charge in [-0.15, -0.1) is 0 Å². The molecule has 2 amide bonds. The molecular weight excluding hydrogens is 431 g/mol. The van der Waals surface area contributed by atoms with Gasteiger partial charge in [0, 0.05) is 15.7 Å². The van der Waals surface area contributed by atoms with Crippen LogP contribution in [0.25, 0.3) is 5.57 Å². The third-order valence-electron chi connectivity index (χ3n) is 5.39. The van der Waals surface area contributed by atoms with E-state index in [-0.39, 0.29) is 5.70 Å². The van der Waals surface area contributed by atoms with Crippen LogP contribution in [0.2, 0.25) is 10.0 Å². The maximum atomic E-state index is 13.5. The predicted octanol–water partition coefficient (Wildman–Crippen LogP) is 6.32. The number of aryl methyl sites for hydroxylation is 3. The molecule has 0 saturated heterocycles. The number of carbonyl (C=O) groups is 2. The lowest BCUT2D eigenvalue weighted by molar-refractivity contribution is -0.120. The van der Waals surface area contributed by atoms with Crippen molar-refractivity contribution in [2.45, 2.75) is 20.8 Å². The molecule has 3 aromatic rings. The molecule has 3 aromatic carbocycles. The smallest absolute Gasteiger partial charge is 0.282 e. The van der Waals surface area contributed by atoms with Crippen molar-refractivity contribution in [3.8, 4) is 0 Å². The van der Waals surface area contributed by atoms with E-state index in [0.717, 1.165) is 21.6 Å². The molecule has 0 aliphatic carbocycles. The van der Waals surface area contributed by atoms with Crippen LogP contribution >= 0.6 is 23.2 Å². The van der Waals surface area contributed by atoms with E-state index in [9.17, 15) is 9.59 Å². The molecular formula is C25H20Cl2N2O2. The Hall–Kier alpha value is -3.08. The van der Waals surface area contributed by atoms with Gasteiger partial charge in [-0.3, -0.25) is 9.59 Å². The van der Waals surface area contributed by atoms with Crippen LogP contribution in [-0.2, 0) is 9.59 Å². The molecule has 6 heteroatoms. The molecule has 156 valence electrons. The Morgan fingerprint density at radius 2 is 1.52 bits per heavy atom. The van der Waals surface area contributed by atoms with Gasteiger partial charge in [0.25, 0.3) is 11.8 Å². The summed E-state index contributed by atoms with van der Waals surface area (Å²) < 4.78 is 0. The normalized spacial score (nSPS) is 13.9. The molecule has 1 aliphatic heterocycles. The van der Waals surface area contributed by atoms with Crippen molar-refractivity contribution in [3.63, 3.8) is 0 Å². The van der Waals surface area contributed by atoms with E-state index in [0.29, 0.717) is 32.6 Å². The Labute approximate surface area is 191 Å². The largest absolute Gasteiger partial charge is 0.350 e. The summed E-state index contributed by atoms with van der Waals surface area (Å²) in [5.74, 6) is -0.853. The first kappa shape index (κ1) is 21.2. The molecule has 0 saturated carbocycles. The summed E-state index contributed by atoms with van der Waals surface area (Å²) in [5.41, 5.74) is 5.29. The number of nitrogens with zero attached hydrogens (tertiary/aromatic N) is 1. The van der Waals surface area contributed by atoms with E-state index in [2.05, 4.69) is 5.32 Å². The zero-order valence-corrected chi connectivity index (χ0v) is 18.8. The second-order valence-corrected chi connectivity index (χ2v) is 8.41. The molecule has 4 rings (SSSR count). The van der Waals surface area contributed by atoms with Crippen molar-refractivity contribution < 1.29 is 9.59 Å². The molecule has 0 aromatic heterocycles. The van der Waals surface area contributed by atoms with Gasteiger partial charge >= 0.3 is 0 Å². The third kappa shape index (κ3) is 3.97. The first-order valence-corrected chi connectivity index (χ1v) is 10.5. The van der Waals surface area contributed by atoms with Gasteiger partial charge in [0.05, 0.1) is 11.3 Å². The second kappa shape index (κ2) is 8.22. The van der Waals surface area contributed by atoms with Crippen molar-refractivity contribution in [1.29, 1.82) is 0 Å². The quantitative estimate of drug-likeness (QED) is 0.473.